The Morgan fingerprint density at radius 1 is 1.27 bits per heavy atom. The molecule has 1 saturated heterocycles. The topological polar surface area (TPSA) is 95.9 Å². The number of carboxylic acid groups (broad SMARTS) is 1. The fourth-order valence-electron chi connectivity index (χ4n) is 3.10. The van der Waals surface area contributed by atoms with Gasteiger partial charge in [0.2, 0.25) is 5.91 Å². The maximum absolute atomic E-state index is 12.3. The lowest BCUT2D eigenvalue weighted by molar-refractivity contribution is -0.152. The highest BCUT2D eigenvalue weighted by molar-refractivity contribution is 5.96. The number of carboxylic acids is 1. The lowest BCUT2D eigenvalue weighted by atomic mass is 10.0. The van der Waals surface area contributed by atoms with E-state index >= 15 is 0 Å². The van der Waals surface area contributed by atoms with Crippen LogP contribution in [-0.2, 0) is 9.59 Å². The number of para-hydroxylation sites is 1. The van der Waals surface area contributed by atoms with Crippen LogP contribution < -0.4 is 10.1 Å². The first-order chi connectivity index (χ1) is 12.5. The highest BCUT2D eigenvalue weighted by Gasteiger charge is 2.31. The molecule has 7 nitrogen and oxygen atoms in total. The minimum Gasteiger partial charge on any atom is -0.493 e. The molecule has 142 valence electrons. The SMILES string of the molecule is CCOc1ccccc1C(=O)NCCCC(=O)N1CCCC[C@@H]1C(=O)O. The molecule has 1 aliphatic heterocycles. The summed E-state index contributed by atoms with van der Waals surface area (Å²) in [5.74, 6) is -0.830. The molecule has 1 aliphatic rings. The molecule has 1 aromatic rings. The summed E-state index contributed by atoms with van der Waals surface area (Å²) in [6.45, 7) is 3.16. The Labute approximate surface area is 153 Å². The molecule has 0 bridgehead atoms. The first-order valence-electron chi connectivity index (χ1n) is 9.07. The van der Waals surface area contributed by atoms with E-state index in [1.807, 2.05) is 6.92 Å². The second-order valence-corrected chi connectivity index (χ2v) is 6.23. The van der Waals surface area contributed by atoms with Gasteiger partial charge in [-0.3, -0.25) is 9.59 Å². The van der Waals surface area contributed by atoms with Crippen molar-refractivity contribution in [2.45, 2.75) is 45.1 Å². The summed E-state index contributed by atoms with van der Waals surface area (Å²) < 4.78 is 5.44. The lowest BCUT2D eigenvalue weighted by Gasteiger charge is -2.33. The predicted octanol–water partition coefficient (Wildman–Crippen LogP) is 2.06. The van der Waals surface area contributed by atoms with Gasteiger partial charge in [-0.2, -0.15) is 0 Å². The number of nitrogens with one attached hydrogen (secondary N) is 1. The standard InChI is InChI=1S/C19H26N2O5/c1-2-26-16-10-4-3-8-14(16)18(23)20-12-7-11-17(22)21-13-6-5-9-15(21)19(24)25/h3-4,8,10,15H,2,5-7,9,11-13H2,1H3,(H,20,23)(H,24,25)/t15-/m1/s1. The average molecular weight is 362 g/mol. The molecule has 1 fully saturated rings. The largest absolute Gasteiger partial charge is 0.493 e. The Hall–Kier alpha value is -2.57. The van der Waals surface area contributed by atoms with Gasteiger partial charge >= 0.3 is 5.97 Å². The predicted molar refractivity (Wildman–Crippen MR) is 96.2 cm³/mol. The van der Waals surface area contributed by atoms with Crippen LogP contribution in [0.5, 0.6) is 5.75 Å². The Balaban J connectivity index is 1.80. The van der Waals surface area contributed by atoms with Crippen LogP contribution in [0.15, 0.2) is 24.3 Å². The van der Waals surface area contributed by atoms with E-state index in [0.29, 0.717) is 43.9 Å². The normalized spacial score (nSPS) is 16.8. The van der Waals surface area contributed by atoms with E-state index in [0.717, 1.165) is 12.8 Å². The number of nitrogens with zero attached hydrogens (tertiary/aromatic N) is 1. The van der Waals surface area contributed by atoms with Gasteiger partial charge in [0, 0.05) is 19.5 Å². The minimum atomic E-state index is -0.945. The molecule has 26 heavy (non-hydrogen) atoms. The molecular weight excluding hydrogens is 336 g/mol. The number of hydrogen-bond acceptors (Lipinski definition) is 4. The fourth-order valence-corrected chi connectivity index (χ4v) is 3.10. The molecule has 0 unspecified atom stereocenters. The number of benzene rings is 1. The van der Waals surface area contributed by atoms with Gasteiger partial charge in [-0.25, -0.2) is 4.79 Å². The zero-order chi connectivity index (χ0) is 18.9. The number of amides is 2. The first kappa shape index (κ1) is 19.8. The number of hydrogen-bond donors (Lipinski definition) is 2. The van der Waals surface area contributed by atoms with Crippen LogP contribution in [0.1, 0.15) is 49.4 Å². The maximum Gasteiger partial charge on any atom is 0.326 e. The second-order valence-electron chi connectivity index (χ2n) is 6.23. The molecular formula is C19H26N2O5. The number of piperidine rings is 1. The summed E-state index contributed by atoms with van der Waals surface area (Å²) in [7, 11) is 0. The third-order valence-electron chi connectivity index (χ3n) is 4.39. The Kier molecular flexibility index (Phi) is 7.44. The van der Waals surface area contributed by atoms with Crippen LogP contribution >= 0.6 is 0 Å². The smallest absolute Gasteiger partial charge is 0.326 e. The number of ether oxygens (including phenoxy) is 1. The van der Waals surface area contributed by atoms with E-state index in [2.05, 4.69) is 5.32 Å². The number of rotatable bonds is 8. The number of likely N-dealkylation sites (tertiary alicyclic amines) is 1. The molecule has 1 aromatic carbocycles. The number of aliphatic carboxylic acids is 1. The zero-order valence-electron chi connectivity index (χ0n) is 15.1. The zero-order valence-corrected chi connectivity index (χ0v) is 15.1. The molecule has 1 atom stereocenters. The van der Waals surface area contributed by atoms with Crippen LogP contribution in [-0.4, -0.2) is 53.5 Å². The summed E-state index contributed by atoms with van der Waals surface area (Å²) in [6.07, 6.45) is 2.85. The van der Waals surface area contributed by atoms with Crippen LogP contribution in [0.3, 0.4) is 0 Å². The quantitative estimate of drug-likeness (QED) is 0.690. The highest BCUT2D eigenvalue weighted by Crippen LogP contribution is 2.19. The minimum absolute atomic E-state index is 0.166. The number of carbonyl (C=O) groups is 3. The van der Waals surface area contributed by atoms with E-state index in [1.54, 1.807) is 24.3 Å². The van der Waals surface area contributed by atoms with Gasteiger partial charge in [0.25, 0.3) is 5.91 Å². The van der Waals surface area contributed by atoms with Gasteiger partial charge in [0.1, 0.15) is 11.8 Å². The molecule has 0 saturated carbocycles. The summed E-state index contributed by atoms with van der Waals surface area (Å²) >= 11 is 0. The van der Waals surface area contributed by atoms with Crippen molar-refractivity contribution in [3.63, 3.8) is 0 Å². The monoisotopic (exact) mass is 362 g/mol. The van der Waals surface area contributed by atoms with Crippen molar-refractivity contribution in [1.82, 2.24) is 10.2 Å². The van der Waals surface area contributed by atoms with Crippen molar-refractivity contribution < 1.29 is 24.2 Å². The highest BCUT2D eigenvalue weighted by atomic mass is 16.5. The van der Waals surface area contributed by atoms with Crippen molar-refractivity contribution in [2.75, 3.05) is 19.7 Å². The molecule has 2 rings (SSSR count). The van der Waals surface area contributed by atoms with Crippen molar-refractivity contribution >= 4 is 17.8 Å². The molecule has 0 radical (unpaired) electrons. The van der Waals surface area contributed by atoms with Crippen molar-refractivity contribution in [3.8, 4) is 5.75 Å². The van der Waals surface area contributed by atoms with Gasteiger partial charge in [0.15, 0.2) is 0 Å². The van der Waals surface area contributed by atoms with Gasteiger partial charge in [0.05, 0.1) is 12.2 Å². The maximum atomic E-state index is 12.3. The van der Waals surface area contributed by atoms with Crippen LogP contribution in [0.25, 0.3) is 0 Å². The Morgan fingerprint density at radius 3 is 2.77 bits per heavy atom. The summed E-state index contributed by atoms with van der Waals surface area (Å²) in [5.41, 5.74) is 0.461. The van der Waals surface area contributed by atoms with E-state index < -0.39 is 12.0 Å². The van der Waals surface area contributed by atoms with Crippen LogP contribution in [0.2, 0.25) is 0 Å². The van der Waals surface area contributed by atoms with Crippen molar-refractivity contribution in [1.29, 1.82) is 0 Å². The first-order valence-corrected chi connectivity index (χ1v) is 9.07. The van der Waals surface area contributed by atoms with E-state index in [9.17, 15) is 19.5 Å². The average Bonchev–Trinajstić information content (AvgIpc) is 2.65. The lowest BCUT2D eigenvalue weighted by Crippen LogP contribution is -2.48. The molecule has 2 N–H and O–H groups in total. The van der Waals surface area contributed by atoms with Crippen LogP contribution in [0.4, 0.5) is 0 Å². The summed E-state index contributed by atoms with van der Waals surface area (Å²) in [5, 5.41) is 12.0. The van der Waals surface area contributed by atoms with Gasteiger partial charge in [-0.15, -0.1) is 0 Å². The fraction of sp³-hybridized carbons (Fsp3) is 0.526. The Morgan fingerprint density at radius 2 is 2.04 bits per heavy atom. The Bertz CT molecular complexity index is 647. The van der Waals surface area contributed by atoms with E-state index in [1.165, 1.54) is 4.90 Å². The van der Waals surface area contributed by atoms with Gasteiger partial charge in [-0.1, -0.05) is 12.1 Å². The third-order valence-corrected chi connectivity index (χ3v) is 4.39. The third kappa shape index (κ3) is 5.21. The summed E-state index contributed by atoms with van der Waals surface area (Å²) in [6, 6.07) is 6.28. The van der Waals surface area contributed by atoms with Gasteiger partial charge in [-0.05, 0) is 44.7 Å². The molecule has 0 aromatic heterocycles. The number of carbonyl (C=O) groups excluding carboxylic acids is 2. The van der Waals surface area contributed by atoms with Gasteiger partial charge < -0.3 is 20.1 Å². The van der Waals surface area contributed by atoms with E-state index in [-0.39, 0.29) is 18.2 Å². The molecule has 0 aliphatic carbocycles. The molecule has 2 amide bonds. The van der Waals surface area contributed by atoms with E-state index in [4.69, 9.17) is 4.74 Å². The molecule has 0 spiro atoms. The van der Waals surface area contributed by atoms with Crippen LogP contribution in [0, 0.1) is 0 Å². The van der Waals surface area contributed by atoms with Crippen molar-refractivity contribution in [2.24, 2.45) is 0 Å². The molecule has 7 heteroatoms. The van der Waals surface area contributed by atoms with Crippen molar-refractivity contribution in [3.05, 3.63) is 29.8 Å². The summed E-state index contributed by atoms with van der Waals surface area (Å²) in [4.78, 5) is 37.3. The molecule has 1 heterocycles. The second kappa shape index (κ2) is 9.79.